The molecule has 1 aliphatic carbocycles. The maximum Gasteiger partial charge on any atom is 0.338 e. The Morgan fingerprint density at radius 2 is 1.88 bits per heavy atom. The first-order valence-corrected chi connectivity index (χ1v) is 8.33. The number of amides is 1. The highest BCUT2D eigenvalue weighted by Gasteiger charge is 2.52. The Labute approximate surface area is 147 Å². The first-order valence-electron chi connectivity index (χ1n) is 8.33. The Hall–Kier alpha value is -2.82. The highest BCUT2D eigenvalue weighted by Crippen LogP contribution is 2.51. The minimum Gasteiger partial charge on any atom is -0.496 e. The predicted molar refractivity (Wildman–Crippen MR) is 94.9 cm³/mol. The largest absolute Gasteiger partial charge is 0.496 e. The monoisotopic (exact) mass is 339 g/mol. The van der Waals surface area contributed by atoms with E-state index in [0.717, 1.165) is 24.2 Å². The van der Waals surface area contributed by atoms with Crippen molar-refractivity contribution in [2.45, 2.75) is 25.2 Å². The topological polar surface area (TPSA) is 64.6 Å². The summed E-state index contributed by atoms with van der Waals surface area (Å²) in [7, 11) is 1.61. The van der Waals surface area contributed by atoms with Crippen molar-refractivity contribution in [2.75, 3.05) is 19.0 Å². The second-order valence-corrected chi connectivity index (χ2v) is 6.04. The Morgan fingerprint density at radius 3 is 2.56 bits per heavy atom. The molecule has 1 aliphatic rings. The van der Waals surface area contributed by atoms with E-state index in [2.05, 4.69) is 5.32 Å². The maximum absolute atomic E-state index is 12.9. The van der Waals surface area contributed by atoms with Crippen LogP contribution < -0.4 is 10.1 Å². The lowest BCUT2D eigenvalue weighted by Gasteiger charge is -2.18. The van der Waals surface area contributed by atoms with Gasteiger partial charge in [-0.2, -0.15) is 0 Å². The summed E-state index contributed by atoms with van der Waals surface area (Å²) < 4.78 is 10.4. The molecule has 0 aromatic heterocycles. The maximum atomic E-state index is 12.9. The SMILES string of the molecule is CCOC(=O)c1cccc(NC(=O)C2(c3ccccc3OC)CC2)c1. The molecule has 0 radical (unpaired) electrons. The number of nitrogens with one attached hydrogen (secondary N) is 1. The molecule has 25 heavy (non-hydrogen) atoms. The molecule has 1 fully saturated rings. The summed E-state index contributed by atoms with van der Waals surface area (Å²) in [5.41, 5.74) is 1.34. The van der Waals surface area contributed by atoms with Crippen LogP contribution in [0, 0.1) is 0 Å². The molecule has 130 valence electrons. The average Bonchev–Trinajstić information content (AvgIpc) is 3.44. The molecule has 1 N–H and O–H groups in total. The van der Waals surface area contributed by atoms with Crippen LogP contribution in [0.2, 0.25) is 0 Å². The molecule has 0 heterocycles. The van der Waals surface area contributed by atoms with E-state index in [9.17, 15) is 9.59 Å². The second-order valence-electron chi connectivity index (χ2n) is 6.04. The molecule has 0 bridgehead atoms. The Kier molecular flexibility index (Phi) is 4.74. The summed E-state index contributed by atoms with van der Waals surface area (Å²) in [6, 6.07) is 14.4. The van der Waals surface area contributed by atoms with Gasteiger partial charge in [-0.25, -0.2) is 4.79 Å². The summed E-state index contributed by atoms with van der Waals surface area (Å²) in [6.07, 6.45) is 1.55. The van der Waals surface area contributed by atoms with Crippen molar-refractivity contribution < 1.29 is 19.1 Å². The highest BCUT2D eigenvalue weighted by molar-refractivity contribution is 6.02. The van der Waals surface area contributed by atoms with E-state index >= 15 is 0 Å². The van der Waals surface area contributed by atoms with Crippen molar-refractivity contribution in [3.05, 3.63) is 59.7 Å². The van der Waals surface area contributed by atoms with Crippen LogP contribution >= 0.6 is 0 Å². The number of benzene rings is 2. The van der Waals surface area contributed by atoms with E-state index in [1.54, 1.807) is 38.3 Å². The smallest absolute Gasteiger partial charge is 0.338 e. The third-order valence-corrected chi connectivity index (χ3v) is 4.44. The van der Waals surface area contributed by atoms with Crippen molar-refractivity contribution in [3.63, 3.8) is 0 Å². The molecule has 5 heteroatoms. The fraction of sp³-hybridized carbons (Fsp3) is 0.300. The van der Waals surface area contributed by atoms with Gasteiger partial charge in [0.2, 0.25) is 5.91 Å². The van der Waals surface area contributed by atoms with Crippen LogP contribution in [0.4, 0.5) is 5.69 Å². The van der Waals surface area contributed by atoms with Gasteiger partial charge >= 0.3 is 5.97 Å². The van der Waals surface area contributed by atoms with Crippen LogP contribution in [0.15, 0.2) is 48.5 Å². The van der Waals surface area contributed by atoms with Gasteiger partial charge in [-0.1, -0.05) is 24.3 Å². The number of hydrogen-bond acceptors (Lipinski definition) is 4. The number of anilines is 1. The fourth-order valence-corrected chi connectivity index (χ4v) is 2.97. The minimum atomic E-state index is -0.563. The summed E-state index contributed by atoms with van der Waals surface area (Å²) in [4.78, 5) is 24.7. The molecule has 0 unspecified atom stereocenters. The van der Waals surface area contributed by atoms with E-state index in [-0.39, 0.29) is 5.91 Å². The summed E-state index contributed by atoms with van der Waals surface area (Å²) in [5, 5.41) is 2.93. The lowest BCUT2D eigenvalue weighted by Crippen LogP contribution is -2.28. The zero-order valence-corrected chi connectivity index (χ0v) is 14.4. The summed E-state index contributed by atoms with van der Waals surface area (Å²) >= 11 is 0. The average molecular weight is 339 g/mol. The molecule has 5 nitrogen and oxygen atoms in total. The minimum absolute atomic E-state index is 0.0852. The van der Waals surface area contributed by atoms with Gasteiger partial charge in [0.25, 0.3) is 0 Å². The second kappa shape index (κ2) is 6.97. The molecule has 2 aromatic rings. The standard InChI is InChI=1S/C20H21NO4/c1-3-25-18(22)14-7-6-8-15(13-14)21-19(23)20(11-12-20)16-9-4-5-10-17(16)24-2/h4-10,13H,3,11-12H2,1-2H3,(H,21,23). The van der Waals surface area contributed by atoms with Gasteiger partial charge in [-0.15, -0.1) is 0 Å². The van der Waals surface area contributed by atoms with Crippen LogP contribution in [-0.4, -0.2) is 25.6 Å². The van der Waals surface area contributed by atoms with Crippen LogP contribution in [0.5, 0.6) is 5.75 Å². The highest BCUT2D eigenvalue weighted by atomic mass is 16.5. The van der Waals surface area contributed by atoms with E-state index < -0.39 is 11.4 Å². The lowest BCUT2D eigenvalue weighted by molar-refractivity contribution is -0.118. The third kappa shape index (κ3) is 3.36. The molecule has 2 aromatic carbocycles. The summed E-state index contributed by atoms with van der Waals surface area (Å²) in [6.45, 7) is 2.07. The number of esters is 1. The van der Waals surface area contributed by atoms with Crippen LogP contribution in [0.3, 0.4) is 0 Å². The molecular weight excluding hydrogens is 318 g/mol. The number of rotatable bonds is 6. The molecule has 0 spiro atoms. The van der Waals surface area contributed by atoms with Gasteiger partial charge < -0.3 is 14.8 Å². The van der Waals surface area contributed by atoms with Crippen molar-refractivity contribution in [2.24, 2.45) is 0 Å². The van der Waals surface area contributed by atoms with Crippen LogP contribution in [0.25, 0.3) is 0 Å². The van der Waals surface area contributed by atoms with Gasteiger partial charge in [0.05, 0.1) is 24.7 Å². The van der Waals surface area contributed by atoms with E-state index in [4.69, 9.17) is 9.47 Å². The molecular formula is C20H21NO4. The Bertz CT molecular complexity index is 796. The van der Waals surface area contributed by atoms with Crippen molar-refractivity contribution in [1.29, 1.82) is 0 Å². The van der Waals surface area contributed by atoms with Gasteiger partial charge in [-0.05, 0) is 44.0 Å². The zero-order valence-electron chi connectivity index (χ0n) is 14.4. The zero-order chi connectivity index (χ0) is 17.9. The normalized spacial score (nSPS) is 14.5. The lowest BCUT2D eigenvalue weighted by atomic mass is 9.93. The number of methoxy groups -OCH3 is 1. The molecule has 0 atom stereocenters. The Morgan fingerprint density at radius 1 is 1.12 bits per heavy atom. The number of hydrogen-bond donors (Lipinski definition) is 1. The predicted octanol–water partition coefficient (Wildman–Crippen LogP) is 3.54. The van der Waals surface area contributed by atoms with Gasteiger partial charge in [0.15, 0.2) is 0 Å². The number of ether oxygens (including phenoxy) is 2. The Balaban J connectivity index is 1.81. The third-order valence-electron chi connectivity index (χ3n) is 4.44. The van der Waals surface area contributed by atoms with E-state index in [1.165, 1.54) is 0 Å². The van der Waals surface area contributed by atoms with E-state index in [1.807, 2.05) is 24.3 Å². The number of para-hydroxylation sites is 1. The van der Waals surface area contributed by atoms with Gasteiger partial charge in [0.1, 0.15) is 5.75 Å². The van der Waals surface area contributed by atoms with Crippen molar-refractivity contribution in [3.8, 4) is 5.75 Å². The van der Waals surface area contributed by atoms with Crippen molar-refractivity contribution >= 4 is 17.6 Å². The van der Waals surface area contributed by atoms with Crippen LogP contribution in [-0.2, 0) is 14.9 Å². The first kappa shape index (κ1) is 17.0. The molecule has 1 amide bonds. The molecule has 1 saturated carbocycles. The molecule has 3 rings (SSSR count). The molecule has 0 aliphatic heterocycles. The van der Waals surface area contributed by atoms with E-state index in [0.29, 0.717) is 17.9 Å². The molecule has 0 saturated heterocycles. The quantitative estimate of drug-likeness (QED) is 0.818. The first-order chi connectivity index (χ1) is 12.1. The fourth-order valence-electron chi connectivity index (χ4n) is 2.97. The van der Waals surface area contributed by atoms with Gasteiger partial charge in [0, 0.05) is 11.3 Å². The van der Waals surface area contributed by atoms with Crippen LogP contribution in [0.1, 0.15) is 35.7 Å². The number of carbonyl (C=O) groups is 2. The van der Waals surface area contributed by atoms with Crippen molar-refractivity contribution in [1.82, 2.24) is 0 Å². The van der Waals surface area contributed by atoms with Gasteiger partial charge in [-0.3, -0.25) is 4.79 Å². The summed E-state index contributed by atoms with van der Waals surface area (Å²) in [5.74, 6) is 0.234. The number of carbonyl (C=O) groups excluding carboxylic acids is 2.